The van der Waals surface area contributed by atoms with Gasteiger partial charge in [-0.15, -0.1) is 0 Å². The van der Waals surface area contributed by atoms with Crippen LogP contribution in [0.15, 0.2) is 33.4 Å². The van der Waals surface area contributed by atoms with Gasteiger partial charge in [0.15, 0.2) is 0 Å². The Morgan fingerprint density at radius 3 is 2.53 bits per heavy atom. The van der Waals surface area contributed by atoms with Gasteiger partial charge in [-0.2, -0.15) is 13.2 Å². The van der Waals surface area contributed by atoms with Gasteiger partial charge in [0.2, 0.25) is 0 Å². The zero-order valence-corrected chi connectivity index (χ0v) is 11.8. The van der Waals surface area contributed by atoms with Gasteiger partial charge in [-0.25, -0.2) is 0 Å². The van der Waals surface area contributed by atoms with Crippen LogP contribution >= 0.6 is 15.9 Å². The maximum Gasteiger partial charge on any atom is 0.416 e. The highest BCUT2D eigenvalue weighted by atomic mass is 79.9. The second-order valence-electron chi connectivity index (χ2n) is 5.17. The third kappa shape index (κ3) is 1.67. The molecule has 1 aromatic heterocycles. The molecule has 0 spiro atoms. The summed E-state index contributed by atoms with van der Waals surface area (Å²) in [5.41, 5.74) is 1.28. The van der Waals surface area contributed by atoms with Crippen molar-refractivity contribution in [3.63, 3.8) is 0 Å². The normalized spacial score (nSPS) is 16.3. The zero-order chi connectivity index (χ0) is 14.0. The molecule has 0 saturated heterocycles. The van der Waals surface area contributed by atoms with Crippen LogP contribution in [0.4, 0.5) is 13.2 Å². The molecule has 1 aliphatic carbocycles. The molecule has 5 heteroatoms. The summed E-state index contributed by atoms with van der Waals surface area (Å²) in [5, 5.41) is 0. The lowest BCUT2D eigenvalue weighted by atomic mass is 9.83. The molecule has 1 aromatic carbocycles. The Balaban J connectivity index is 2.29. The molecular formula is C14H10BrF3O. The molecule has 1 nitrogen and oxygen atoms in total. The van der Waals surface area contributed by atoms with E-state index in [9.17, 15) is 13.2 Å². The molecule has 2 aromatic rings. The summed E-state index contributed by atoms with van der Waals surface area (Å²) in [4.78, 5) is 0. The first-order chi connectivity index (χ1) is 8.73. The standard InChI is InChI=1S/C14H10BrF3O/c1-13(2)9-4-3-7(14(16,17)18)5-8(9)12-11(13)10(15)6-19-12/h3-6H,1-2H3. The van der Waals surface area contributed by atoms with Crippen molar-refractivity contribution in [1.82, 2.24) is 0 Å². The van der Waals surface area contributed by atoms with Crippen LogP contribution in [0.1, 0.15) is 30.5 Å². The Bertz CT molecular complexity index is 668. The lowest BCUT2D eigenvalue weighted by Gasteiger charge is -2.21. The van der Waals surface area contributed by atoms with Crippen molar-refractivity contribution >= 4 is 15.9 Å². The molecule has 0 atom stereocenters. The SMILES string of the molecule is CC1(C)c2ccc(C(F)(F)F)cc2-c2occ(Br)c21. The van der Waals surface area contributed by atoms with Gasteiger partial charge in [-0.3, -0.25) is 0 Å². The molecule has 0 aliphatic heterocycles. The topological polar surface area (TPSA) is 13.1 Å². The van der Waals surface area contributed by atoms with Gasteiger partial charge in [-0.1, -0.05) is 19.9 Å². The van der Waals surface area contributed by atoms with E-state index in [4.69, 9.17) is 4.42 Å². The van der Waals surface area contributed by atoms with Crippen molar-refractivity contribution in [2.45, 2.75) is 25.4 Å². The maximum absolute atomic E-state index is 12.8. The minimum Gasteiger partial charge on any atom is -0.463 e. The third-order valence-corrected chi connectivity index (χ3v) is 4.22. The van der Waals surface area contributed by atoms with Crippen molar-refractivity contribution in [3.8, 4) is 11.3 Å². The van der Waals surface area contributed by atoms with Gasteiger partial charge < -0.3 is 4.42 Å². The van der Waals surface area contributed by atoms with Crippen LogP contribution < -0.4 is 0 Å². The number of alkyl halides is 3. The molecule has 19 heavy (non-hydrogen) atoms. The first-order valence-electron chi connectivity index (χ1n) is 5.72. The monoisotopic (exact) mass is 330 g/mol. The number of fused-ring (bicyclic) bond motifs is 3. The van der Waals surface area contributed by atoms with E-state index in [1.165, 1.54) is 12.3 Å². The number of hydrogen-bond donors (Lipinski definition) is 0. The smallest absolute Gasteiger partial charge is 0.416 e. The molecule has 0 fully saturated rings. The van der Waals surface area contributed by atoms with E-state index in [-0.39, 0.29) is 5.41 Å². The van der Waals surface area contributed by atoms with Gasteiger partial charge in [0.25, 0.3) is 0 Å². The molecule has 3 rings (SSSR count). The summed E-state index contributed by atoms with van der Waals surface area (Å²) in [5.74, 6) is 0.526. The molecular weight excluding hydrogens is 321 g/mol. The lowest BCUT2D eigenvalue weighted by Crippen LogP contribution is -2.15. The first kappa shape index (κ1) is 12.8. The number of rotatable bonds is 0. The number of halogens is 4. The Morgan fingerprint density at radius 2 is 1.89 bits per heavy atom. The summed E-state index contributed by atoms with van der Waals surface area (Å²) < 4.78 is 44.6. The largest absolute Gasteiger partial charge is 0.463 e. The van der Waals surface area contributed by atoms with Crippen molar-refractivity contribution in [1.29, 1.82) is 0 Å². The molecule has 0 bridgehead atoms. The van der Waals surface area contributed by atoms with E-state index >= 15 is 0 Å². The molecule has 0 saturated carbocycles. The average molecular weight is 331 g/mol. The van der Waals surface area contributed by atoms with E-state index in [0.29, 0.717) is 11.3 Å². The fourth-order valence-electron chi connectivity index (χ4n) is 2.71. The second-order valence-corrected chi connectivity index (χ2v) is 6.03. The lowest BCUT2D eigenvalue weighted by molar-refractivity contribution is -0.137. The van der Waals surface area contributed by atoms with Crippen molar-refractivity contribution in [3.05, 3.63) is 45.6 Å². The second kappa shape index (κ2) is 3.66. The summed E-state index contributed by atoms with van der Waals surface area (Å²) in [6, 6.07) is 3.83. The third-order valence-electron chi connectivity index (χ3n) is 3.64. The molecule has 1 aliphatic rings. The molecule has 100 valence electrons. The Kier molecular flexibility index (Phi) is 2.46. The zero-order valence-electron chi connectivity index (χ0n) is 10.2. The summed E-state index contributed by atoms with van der Waals surface area (Å²) >= 11 is 3.39. The van der Waals surface area contributed by atoms with E-state index in [1.807, 2.05) is 13.8 Å². The van der Waals surface area contributed by atoms with Gasteiger partial charge in [0.1, 0.15) is 12.0 Å². The minimum atomic E-state index is -4.34. The van der Waals surface area contributed by atoms with E-state index < -0.39 is 11.7 Å². The fraction of sp³-hybridized carbons (Fsp3) is 0.286. The van der Waals surface area contributed by atoms with Crippen molar-refractivity contribution < 1.29 is 17.6 Å². The van der Waals surface area contributed by atoms with E-state index in [1.54, 1.807) is 6.07 Å². The maximum atomic E-state index is 12.8. The highest BCUT2D eigenvalue weighted by Gasteiger charge is 2.41. The molecule has 0 amide bonds. The predicted octanol–water partition coefficient (Wildman–Crippen LogP) is 5.37. The van der Waals surface area contributed by atoms with Gasteiger partial charge in [0.05, 0.1) is 10.0 Å². The number of hydrogen-bond acceptors (Lipinski definition) is 1. The fourth-order valence-corrected chi connectivity index (χ4v) is 3.47. The van der Waals surface area contributed by atoms with Gasteiger partial charge in [-0.05, 0) is 33.6 Å². The predicted molar refractivity (Wildman–Crippen MR) is 69.0 cm³/mol. The van der Waals surface area contributed by atoms with Crippen LogP contribution in [-0.2, 0) is 11.6 Å². The van der Waals surface area contributed by atoms with Crippen LogP contribution in [-0.4, -0.2) is 0 Å². The van der Waals surface area contributed by atoms with Gasteiger partial charge >= 0.3 is 6.18 Å². The number of benzene rings is 1. The van der Waals surface area contributed by atoms with Crippen LogP contribution in [0.2, 0.25) is 0 Å². The quantitative estimate of drug-likeness (QED) is 0.633. The summed E-state index contributed by atoms with van der Waals surface area (Å²) in [6.45, 7) is 3.95. The van der Waals surface area contributed by atoms with E-state index in [2.05, 4.69) is 15.9 Å². The highest BCUT2D eigenvalue weighted by Crippen LogP contribution is 2.53. The van der Waals surface area contributed by atoms with Crippen LogP contribution in [0, 0.1) is 0 Å². The Morgan fingerprint density at radius 1 is 1.21 bits per heavy atom. The van der Waals surface area contributed by atoms with E-state index in [0.717, 1.165) is 21.7 Å². The number of furan rings is 1. The first-order valence-corrected chi connectivity index (χ1v) is 6.52. The van der Waals surface area contributed by atoms with Crippen LogP contribution in [0.25, 0.3) is 11.3 Å². The van der Waals surface area contributed by atoms with Crippen molar-refractivity contribution in [2.24, 2.45) is 0 Å². The Hall–Kier alpha value is -1.23. The molecule has 1 heterocycles. The summed E-state index contributed by atoms with van der Waals surface area (Å²) in [7, 11) is 0. The molecule has 0 N–H and O–H groups in total. The molecule has 0 unspecified atom stereocenters. The average Bonchev–Trinajstić information content (AvgIpc) is 2.78. The van der Waals surface area contributed by atoms with Crippen LogP contribution in [0.3, 0.4) is 0 Å². The van der Waals surface area contributed by atoms with Gasteiger partial charge in [0, 0.05) is 16.5 Å². The minimum absolute atomic E-state index is 0.360. The Labute approximate surface area is 116 Å². The summed E-state index contributed by atoms with van der Waals surface area (Å²) in [6.07, 6.45) is -2.82. The van der Waals surface area contributed by atoms with Crippen LogP contribution in [0.5, 0.6) is 0 Å². The highest BCUT2D eigenvalue weighted by molar-refractivity contribution is 9.10. The molecule has 0 radical (unpaired) electrons. The van der Waals surface area contributed by atoms with Crippen molar-refractivity contribution in [2.75, 3.05) is 0 Å².